The second kappa shape index (κ2) is 15.4. The van der Waals surface area contributed by atoms with E-state index in [-0.39, 0.29) is 74.3 Å². The Morgan fingerprint density at radius 2 is 0.500 bits per heavy atom. The molecule has 0 rings (SSSR count). The van der Waals surface area contributed by atoms with Crippen LogP contribution in [0.3, 0.4) is 0 Å². The molecule has 0 heterocycles. The zero-order valence-electron chi connectivity index (χ0n) is 7.84. The van der Waals surface area contributed by atoms with Crippen LogP contribution in [-0.4, -0.2) is 90.3 Å². The van der Waals surface area contributed by atoms with E-state index in [1.165, 1.54) is 0 Å². The standard InChI is InChI=1S/Ca.Cu.3H2O4S.Zn/c;;3*1-5(2,3)4;/h;;3*(H2,1,2,3,4);/q2*+2;;;;+2/p-6. The summed E-state index contributed by atoms with van der Waals surface area (Å²) in [5.74, 6) is 0. The van der Waals surface area contributed by atoms with Gasteiger partial charge in [-0.2, -0.15) is 0 Å². The van der Waals surface area contributed by atoms with E-state index in [1.807, 2.05) is 0 Å². The van der Waals surface area contributed by atoms with E-state index >= 15 is 0 Å². The van der Waals surface area contributed by atoms with E-state index in [1.54, 1.807) is 0 Å². The molecular formula is CaCuO12S3Zn. The maximum Gasteiger partial charge on any atom is 2.00 e. The predicted molar refractivity (Wildman–Crippen MR) is 37.2 cm³/mol. The van der Waals surface area contributed by atoms with Crippen molar-refractivity contribution in [2.45, 2.75) is 0 Å². The number of hydrogen-bond acceptors (Lipinski definition) is 12. The molecule has 0 aromatic carbocycles. The minimum absolute atomic E-state index is 0. The van der Waals surface area contributed by atoms with Gasteiger partial charge in [-0.15, -0.1) is 0 Å². The van der Waals surface area contributed by atoms with Crippen molar-refractivity contribution in [3.63, 3.8) is 0 Å². The molecule has 0 fully saturated rings. The maximum atomic E-state index is 8.52. The van der Waals surface area contributed by atoms with Gasteiger partial charge in [-0.1, -0.05) is 0 Å². The first-order valence-electron chi connectivity index (χ1n) is 2.00. The molecule has 18 heavy (non-hydrogen) atoms. The Balaban J connectivity index is -0.0000000277. The fourth-order valence-electron chi connectivity index (χ4n) is 0. The number of hydrogen-bond donors (Lipinski definition) is 0. The van der Waals surface area contributed by atoms with Gasteiger partial charge in [0.05, 0.1) is 0 Å². The van der Waals surface area contributed by atoms with Crippen LogP contribution in [0.15, 0.2) is 0 Å². The Kier molecular flexibility index (Phi) is 31.5. The molecule has 0 spiro atoms. The van der Waals surface area contributed by atoms with Crippen molar-refractivity contribution < 1.29 is 89.1 Å². The van der Waals surface area contributed by atoms with Crippen molar-refractivity contribution in [2.24, 2.45) is 0 Å². The van der Waals surface area contributed by atoms with Gasteiger partial charge in [-0.05, 0) is 0 Å². The van der Waals surface area contributed by atoms with Crippen molar-refractivity contribution in [2.75, 3.05) is 0 Å². The first-order chi connectivity index (χ1) is 6.00. The Bertz CT molecular complexity index is 348. The van der Waals surface area contributed by atoms with E-state index in [2.05, 4.69) is 0 Å². The summed E-state index contributed by atoms with van der Waals surface area (Å²) in [6, 6.07) is 0. The van der Waals surface area contributed by atoms with Crippen LogP contribution >= 0.6 is 0 Å². The normalized spacial score (nSPS) is 9.67. The van der Waals surface area contributed by atoms with Gasteiger partial charge in [0, 0.05) is 31.2 Å². The van der Waals surface area contributed by atoms with Crippen LogP contribution < -0.4 is 0 Å². The smallest absolute Gasteiger partial charge is 0.759 e. The summed E-state index contributed by atoms with van der Waals surface area (Å²) in [5, 5.41) is 0. The van der Waals surface area contributed by atoms with Crippen LogP contribution in [0, 0.1) is 0 Å². The van der Waals surface area contributed by atoms with E-state index in [0.29, 0.717) is 0 Å². The molecule has 1 radical (unpaired) electrons. The molecule has 18 heteroatoms. The van der Waals surface area contributed by atoms with Crippen molar-refractivity contribution >= 4 is 68.9 Å². The third kappa shape index (κ3) is 1290. The van der Waals surface area contributed by atoms with Crippen molar-refractivity contribution in [1.29, 1.82) is 0 Å². The molecule has 0 saturated carbocycles. The Morgan fingerprint density at radius 3 is 0.500 bits per heavy atom. The summed E-state index contributed by atoms with van der Waals surface area (Å²) in [6.45, 7) is 0. The molecule has 0 saturated heterocycles. The topological polar surface area (TPSA) is 241 Å². The van der Waals surface area contributed by atoms with E-state index in [0.717, 1.165) is 0 Å². The second-order valence-corrected chi connectivity index (χ2v) is 3.67. The molecule has 0 aliphatic rings. The molecule has 0 atom stereocenters. The van der Waals surface area contributed by atoms with Gasteiger partial charge >= 0.3 is 74.3 Å². The monoisotopic (exact) mass is 455 g/mol. The molecule has 12 nitrogen and oxygen atoms in total. The first-order valence-corrected chi connectivity index (χ1v) is 6.00. The fourth-order valence-corrected chi connectivity index (χ4v) is 0. The van der Waals surface area contributed by atoms with E-state index in [9.17, 15) is 0 Å². The van der Waals surface area contributed by atoms with Gasteiger partial charge < -0.3 is 27.3 Å². The molecule has 0 N–H and O–H groups in total. The van der Waals surface area contributed by atoms with Crippen molar-refractivity contribution in [3.05, 3.63) is 0 Å². The van der Waals surface area contributed by atoms with Crippen LogP contribution in [0.1, 0.15) is 0 Å². The molecular weight excluding hydrogens is 457 g/mol. The largest absolute Gasteiger partial charge is 2.00 e. The quantitative estimate of drug-likeness (QED) is 0.190. The van der Waals surface area contributed by atoms with E-state index < -0.39 is 31.2 Å². The third-order valence-electron chi connectivity index (χ3n) is 0. The minimum atomic E-state index is -5.17. The van der Waals surface area contributed by atoms with Crippen LogP contribution in [0.5, 0.6) is 0 Å². The predicted octanol–water partition coefficient (Wildman–Crippen LogP) is -4.40. The van der Waals surface area contributed by atoms with Gasteiger partial charge in [0.2, 0.25) is 0 Å². The molecule has 0 aliphatic carbocycles. The summed E-state index contributed by atoms with van der Waals surface area (Å²) in [4.78, 5) is 0. The van der Waals surface area contributed by atoms with Crippen molar-refractivity contribution in [1.82, 2.24) is 0 Å². The van der Waals surface area contributed by atoms with Gasteiger partial charge in [0.25, 0.3) is 0 Å². The second-order valence-electron chi connectivity index (χ2n) is 1.22. The summed E-state index contributed by atoms with van der Waals surface area (Å²) >= 11 is 0. The third-order valence-corrected chi connectivity index (χ3v) is 0. The Hall–Kier alpha value is 2.01. The molecule has 0 unspecified atom stereocenters. The van der Waals surface area contributed by atoms with Crippen LogP contribution in [-0.2, 0) is 67.7 Å². The molecule has 0 amide bonds. The van der Waals surface area contributed by atoms with Crippen LogP contribution in [0.2, 0.25) is 0 Å². The molecule has 0 bridgehead atoms. The average molecular weight is 457 g/mol. The Labute approximate surface area is 156 Å². The first kappa shape index (κ1) is 36.8. The fraction of sp³-hybridized carbons (Fsp3) is 0. The molecule has 0 aromatic heterocycles. The maximum absolute atomic E-state index is 8.52. The van der Waals surface area contributed by atoms with Crippen LogP contribution in [0.4, 0.5) is 0 Å². The summed E-state index contributed by atoms with van der Waals surface area (Å²) in [5.41, 5.74) is 0. The van der Waals surface area contributed by atoms with Gasteiger partial charge in [-0.3, -0.25) is 25.3 Å². The number of rotatable bonds is 0. The summed E-state index contributed by atoms with van der Waals surface area (Å²) in [6.07, 6.45) is 0. The minimum Gasteiger partial charge on any atom is -0.759 e. The SMILES string of the molecule is O=S(=O)([O-])[O-].O=S(=O)([O-])[O-].O=S(=O)([O-])[O-].[Ca+2].[Cu+2].[Zn+2]. The zero-order chi connectivity index (χ0) is 13.5. The van der Waals surface area contributed by atoms with Gasteiger partial charge in [-0.25, -0.2) is 0 Å². The Morgan fingerprint density at radius 1 is 0.500 bits per heavy atom. The molecule has 0 aliphatic heterocycles. The molecule has 0 aromatic rings. The van der Waals surface area contributed by atoms with Crippen molar-refractivity contribution in [3.8, 4) is 0 Å². The van der Waals surface area contributed by atoms with Gasteiger partial charge in [0.1, 0.15) is 0 Å². The molecule has 105 valence electrons. The van der Waals surface area contributed by atoms with Gasteiger partial charge in [0.15, 0.2) is 0 Å². The summed E-state index contributed by atoms with van der Waals surface area (Å²) in [7, 11) is -15.5. The zero-order valence-corrected chi connectivity index (χ0v) is 16.4. The van der Waals surface area contributed by atoms with E-state index in [4.69, 9.17) is 52.6 Å². The average Bonchev–Trinajstić information content (AvgIpc) is 1.41. The summed E-state index contributed by atoms with van der Waals surface area (Å²) < 4.78 is 102. The van der Waals surface area contributed by atoms with Crippen LogP contribution in [0.25, 0.3) is 0 Å².